The zero-order valence-corrected chi connectivity index (χ0v) is 15.1. The number of nitrogens with zero attached hydrogens (tertiary/aromatic N) is 1. The molecule has 1 aromatic carbocycles. The predicted octanol–water partition coefficient (Wildman–Crippen LogP) is 3.00. The third-order valence-corrected chi connectivity index (χ3v) is 4.99. The number of morpholine rings is 1. The van der Waals surface area contributed by atoms with Crippen LogP contribution in [0.1, 0.15) is 25.3 Å². The molecule has 1 amide bonds. The van der Waals surface area contributed by atoms with Crippen LogP contribution in [0.4, 0.5) is 13.6 Å². The first-order chi connectivity index (χ1) is 12.9. The quantitative estimate of drug-likeness (QED) is 0.732. The Kier molecular flexibility index (Phi) is 5.94. The summed E-state index contributed by atoms with van der Waals surface area (Å²) < 4.78 is 45.3. The third kappa shape index (κ3) is 4.21. The van der Waals surface area contributed by atoms with E-state index >= 15 is 0 Å². The van der Waals surface area contributed by atoms with Gasteiger partial charge in [-0.15, -0.1) is 0 Å². The lowest BCUT2D eigenvalue weighted by Gasteiger charge is -2.51. The Morgan fingerprint density at radius 3 is 2.67 bits per heavy atom. The summed E-state index contributed by atoms with van der Waals surface area (Å²) in [5.41, 5.74) is 0.774. The molecule has 6 nitrogen and oxygen atoms in total. The highest BCUT2D eigenvalue weighted by atomic mass is 19.3. The van der Waals surface area contributed by atoms with Gasteiger partial charge in [0.1, 0.15) is 12.6 Å². The second kappa shape index (κ2) is 8.21. The Hall–Kier alpha value is -2.22. The number of amides is 1. The maximum Gasteiger partial charge on any atom is 0.410 e. The highest BCUT2D eigenvalue weighted by molar-refractivity contribution is 5.71. The lowest BCUT2D eigenvalue weighted by Crippen LogP contribution is -2.68. The van der Waals surface area contributed by atoms with Crippen LogP contribution in [0.2, 0.25) is 0 Å². The van der Waals surface area contributed by atoms with Gasteiger partial charge in [-0.3, -0.25) is 9.69 Å². The van der Waals surface area contributed by atoms with Gasteiger partial charge >= 0.3 is 12.1 Å². The standard InChI is InChI=1S/C19H23F2NO5/c1-2-26-17(23)9-14-8-15-11-25-12-16(19(14,20)21)22(15)18(24)27-10-13-6-4-3-5-7-13/h3-7,14-16H,2,8-12H2,1H3. The number of fused-ring (bicyclic) bond motifs is 2. The summed E-state index contributed by atoms with van der Waals surface area (Å²) in [6.07, 6.45) is -1.20. The molecule has 3 unspecified atom stereocenters. The Bertz CT molecular complexity index is 669. The van der Waals surface area contributed by atoms with E-state index < -0.39 is 36.0 Å². The van der Waals surface area contributed by atoms with E-state index in [-0.39, 0.29) is 39.3 Å². The van der Waals surface area contributed by atoms with Crippen molar-refractivity contribution < 1.29 is 32.6 Å². The molecule has 0 saturated carbocycles. The zero-order chi connectivity index (χ0) is 19.4. The molecule has 1 aromatic rings. The summed E-state index contributed by atoms with van der Waals surface area (Å²) in [7, 11) is 0. The molecular weight excluding hydrogens is 360 g/mol. The summed E-state index contributed by atoms with van der Waals surface area (Å²) in [6.45, 7) is 1.64. The van der Waals surface area contributed by atoms with E-state index in [0.29, 0.717) is 0 Å². The van der Waals surface area contributed by atoms with E-state index in [1.807, 2.05) is 6.07 Å². The van der Waals surface area contributed by atoms with Gasteiger partial charge in [0.25, 0.3) is 5.92 Å². The van der Waals surface area contributed by atoms with Crippen LogP contribution in [0.3, 0.4) is 0 Å². The number of piperidine rings is 1. The fourth-order valence-electron chi connectivity index (χ4n) is 3.68. The molecule has 0 spiro atoms. The first kappa shape index (κ1) is 19.5. The first-order valence-electron chi connectivity index (χ1n) is 9.03. The molecule has 3 atom stereocenters. The number of hydrogen-bond donors (Lipinski definition) is 0. The Morgan fingerprint density at radius 2 is 1.96 bits per heavy atom. The van der Waals surface area contributed by atoms with Gasteiger partial charge in [-0.1, -0.05) is 30.3 Å². The minimum Gasteiger partial charge on any atom is -0.466 e. The highest BCUT2D eigenvalue weighted by Crippen LogP contribution is 2.44. The Labute approximate surface area is 156 Å². The van der Waals surface area contributed by atoms with Crippen LogP contribution >= 0.6 is 0 Å². The van der Waals surface area contributed by atoms with Crippen molar-refractivity contribution in [3.8, 4) is 0 Å². The van der Waals surface area contributed by atoms with Crippen LogP contribution in [0.5, 0.6) is 0 Å². The number of alkyl halides is 2. The summed E-state index contributed by atoms with van der Waals surface area (Å²) in [4.78, 5) is 25.3. The van der Waals surface area contributed by atoms with Crippen LogP contribution in [-0.2, 0) is 25.6 Å². The smallest absolute Gasteiger partial charge is 0.410 e. The van der Waals surface area contributed by atoms with Crippen molar-refractivity contribution >= 4 is 12.1 Å². The number of rotatable bonds is 5. The molecule has 2 fully saturated rings. The number of carbonyl (C=O) groups is 2. The van der Waals surface area contributed by atoms with Crippen LogP contribution in [-0.4, -0.2) is 54.8 Å². The molecule has 2 aliphatic heterocycles. The molecule has 148 valence electrons. The minimum absolute atomic E-state index is 0.00823. The summed E-state index contributed by atoms with van der Waals surface area (Å²) in [5, 5.41) is 0. The van der Waals surface area contributed by atoms with Gasteiger partial charge in [-0.05, 0) is 18.9 Å². The molecule has 2 heterocycles. The van der Waals surface area contributed by atoms with Crippen LogP contribution in [0, 0.1) is 5.92 Å². The third-order valence-electron chi connectivity index (χ3n) is 4.99. The fourth-order valence-corrected chi connectivity index (χ4v) is 3.68. The zero-order valence-electron chi connectivity index (χ0n) is 15.1. The molecule has 0 radical (unpaired) electrons. The molecule has 27 heavy (non-hydrogen) atoms. The van der Waals surface area contributed by atoms with Crippen LogP contribution in [0.15, 0.2) is 30.3 Å². The van der Waals surface area contributed by atoms with Crippen LogP contribution < -0.4 is 0 Å². The second-order valence-corrected chi connectivity index (χ2v) is 6.77. The van der Waals surface area contributed by atoms with E-state index in [1.54, 1.807) is 31.2 Å². The summed E-state index contributed by atoms with van der Waals surface area (Å²) >= 11 is 0. The van der Waals surface area contributed by atoms with E-state index in [4.69, 9.17) is 14.2 Å². The van der Waals surface area contributed by atoms with Gasteiger partial charge in [-0.25, -0.2) is 13.6 Å². The van der Waals surface area contributed by atoms with Crippen LogP contribution in [0.25, 0.3) is 0 Å². The van der Waals surface area contributed by atoms with Crippen molar-refractivity contribution in [1.29, 1.82) is 0 Å². The summed E-state index contributed by atoms with van der Waals surface area (Å²) in [6, 6.07) is 7.02. The van der Waals surface area contributed by atoms with Gasteiger partial charge in [0.15, 0.2) is 0 Å². The normalized spacial score (nSPS) is 26.3. The molecule has 2 aliphatic rings. The van der Waals surface area contributed by atoms with Gasteiger partial charge in [0, 0.05) is 5.92 Å². The van der Waals surface area contributed by atoms with E-state index in [2.05, 4.69) is 0 Å². The SMILES string of the molecule is CCOC(=O)CC1CC2COCC(N2C(=O)OCc2ccccc2)C1(F)F. The average molecular weight is 383 g/mol. The van der Waals surface area contributed by atoms with Gasteiger partial charge in [0.2, 0.25) is 0 Å². The van der Waals surface area contributed by atoms with Gasteiger partial charge in [0.05, 0.1) is 32.3 Å². The van der Waals surface area contributed by atoms with Crippen molar-refractivity contribution in [3.63, 3.8) is 0 Å². The fraction of sp³-hybridized carbons (Fsp3) is 0.579. The number of halogens is 2. The molecule has 2 bridgehead atoms. The topological polar surface area (TPSA) is 65.1 Å². The highest BCUT2D eigenvalue weighted by Gasteiger charge is 2.59. The number of benzene rings is 1. The number of esters is 1. The molecule has 0 aliphatic carbocycles. The predicted molar refractivity (Wildman–Crippen MR) is 91.2 cm³/mol. The van der Waals surface area contributed by atoms with Gasteiger partial charge in [-0.2, -0.15) is 0 Å². The van der Waals surface area contributed by atoms with Crippen molar-refractivity contribution in [2.24, 2.45) is 5.92 Å². The number of carbonyl (C=O) groups excluding carboxylic acids is 2. The minimum atomic E-state index is -3.27. The van der Waals surface area contributed by atoms with E-state index in [9.17, 15) is 18.4 Å². The molecule has 0 aromatic heterocycles. The van der Waals surface area contributed by atoms with Gasteiger partial charge < -0.3 is 14.2 Å². The van der Waals surface area contributed by atoms with E-state index in [0.717, 1.165) is 10.5 Å². The second-order valence-electron chi connectivity index (χ2n) is 6.77. The van der Waals surface area contributed by atoms with Crippen molar-refractivity contribution in [2.45, 2.75) is 44.4 Å². The van der Waals surface area contributed by atoms with E-state index in [1.165, 1.54) is 0 Å². The number of ether oxygens (including phenoxy) is 3. The summed E-state index contributed by atoms with van der Waals surface area (Å²) in [5.74, 6) is -5.11. The Morgan fingerprint density at radius 1 is 1.22 bits per heavy atom. The van der Waals surface area contributed by atoms with Crippen molar-refractivity contribution in [1.82, 2.24) is 4.90 Å². The number of hydrogen-bond acceptors (Lipinski definition) is 5. The van der Waals surface area contributed by atoms with Crippen molar-refractivity contribution in [2.75, 3.05) is 19.8 Å². The molecule has 3 rings (SSSR count). The Balaban J connectivity index is 1.70. The first-order valence-corrected chi connectivity index (χ1v) is 9.03. The average Bonchev–Trinajstić information content (AvgIpc) is 2.65. The monoisotopic (exact) mass is 383 g/mol. The molecule has 0 N–H and O–H groups in total. The maximum absolute atomic E-state index is 15.0. The lowest BCUT2D eigenvalue weighted by molar-refractivity contribution is -0.212. The molecular formula is C19H23F2NO5. The van der Waals surface area contributed by atoms with Crippen molar-refractivity contribution in [3.05, 3.63) is 35.9 Å². The largest absolute Gasteiger partial charge is 0.466 e. The molecule has 8 heteroatoms. The maximum atomic E-state index is 15.0. The lowest BCUT2D eigenvalue weighted by atomic mass is 9.80. The molecule has 2 saturated heterocycles.